The van der Waals surface area contributed by atoms with Crippen molar-refractivity contribution in [3.8, 4) is 5.75 Å². The predicted molar refractivity (Wildman–Crippen MR) is 59.4 cm³/mol. The van der Waals surface area contributed by atoms with Crippen molar-refractivity contribution in [1.82, 2.24) is 0 Å². The van der Waals surface area contributed by atoms with E-state index in [0.29, 0.717) is 12.2 Å². The molecule has 1 aromatic carbocycles. The van der Waals surface area contributed by atoms with Crippen LogP contribution in [0, 0.1) is 0 Å². The van der Waals surface area contributed by atoms with Gasteiger partial charge in [-0.15, -0.1) is 11.8 Å². The van der Waals surface area contributed by atoms with Crippen molar-refractivity contribution in [3.05, 3.63) is 23.8 Å². The third-order valence-corrected chi connectivity index (χ3v) is 2.57. The van der Waals surface area contributed by atoms with Crippen molar-refractivity contribution in [1.29, 1.82) is 0 Å². The van der Waals surface area contributed by atoms with Crippen LogP contribution in [0.25, 0.3) is 0 Å². The van der Waals surface area contributed by atoms with Crippen LogP contribution >= 0.6 is 11.8 Å². The lowest BCUT2D eigenvalue weighted by Gasteiger charge is -2.10. The van der Waals surface area contributed by atoms with Gasteiger partial charge in [0.1, 0.15) is 5.75 Å². The van der Waals surface area contributed by atoms with Crippen LogP contribution in [0.5, 0.6) is 5.75 Å². The minimum absolute atomic E-state index is 0.630. The smallest absolute Gasteiger partial charge is 0.153 e. The van der Waals surface area contributed by atoms with Gasteiger partial charge in [0.25, 0.3) is 0 Å². The molecule has 0 unspecified atom stereocenters. The monoisotopic (exact) mass is 210 g/mol. The summed E-state index contributed by atoms with van der Waals surface area (Å²) < 4.78 is 5.55. The summed E-state index contributed by atoms with van der Waals surface area (Å²) in [5.41, 5.74) is 0.630. The molecule has 0 N–H and O–H groups in total. The van der Waals surface area contributed by atoms with Crippen LogP contribution in [0.1, 0.15) is 23.7 Å². The topological polar surface area (TPSA) is 26.3 Å². The third kappa shape index (κ3) is 2.51. The Morgan fingerprint density at radius 2 is 2.29 bits per heavy atom. The molecule has 3 heteroatoms. The van der Waals surface area contributed by atoms with Crippen molar-refractivity contribution in [2.45, 2.75) is 18.2 Å². The van der Waals surface area contributed by atoms with Gasteiger partial charge in [-0.25, -0.2) is 0 Å². The second kappa shape index (κ2) is 5.70. The zero-order valence-corrected chi connectivity index (χ0v) is 9.26. The first-order valence-corrected chi connectivity index (χ1v) is 5.81. The van der Waals surface area contributed by atoms with Crippen LogP contribution < -0.4 is 4.74 Å². The minimum Gasteiger partial charge on any atom is -0.492 e. The highest BCUT2D eigenvalue weighted by molar-refractivity contribution is 7.98. The van der Waals surface area contributed by atoms with Gasteiger partial charge in [-0.1, -0.05) is 13.0 Å². The Bertz CT molecular complexity index is 310. The number of hydrogen-bond donors (Lipinski definition) is 0. The Kier molecular flexibility index (Phi) is 4.53. The van der Waals surface area contributed by atoms with E-state index >= 15 is 0 Å². The van der Waals surface area contributed by atoms with E-state index in [9.17, 15) is 4.79 Å². The van der Waals surface area contributed by atoms with E-state index in [-0.39, 0.29) is 0 Å². The first kappa shape index (κ1) is 11.1. The van der Waals surface area contributed by atoms with E-state index in [1.165, 1.54) is 0 Å². The molecule has 0 aliphatic heterocycles. The number of rotatable bonds is 5. The lowest BCUT2D eigenvalue weighted by molar-refractivity contribution is 0.111. The van der Waals surface area contributed by atoms with E-state index in [1.807, 2.05) is 25.3 Å². The van der Waals surface area contributed by atoms with Crippen molar-refractivity contribution < 1.29 is 9.53 Å². The minimum atomic E-state index is 0.630. The SMILES string of the molecule is CCCOc1c(C=O)cccc1SC. The lowest BCUT2D eigenvalue weighted by Crippen LogP contribution is -1.99. The highest BCUT2D eigenvalue weighted by Gasteiger charge is 2.07. The third-order valence-electron chi connectivity index (χ3n) is 1.81. The van der Waals surface area contributed by atoms with Crippen LogP contribution in [0.15, 0.2) is 23.1 Å². The fourth-order valence-electron chi connectivity index (χ4n) is 1.14. The van der Waals surface area contributed by atoms with Gasteiger partial charge in [-0.05, 0) is 24.8 Å². The van der Waals surface area contributed by atoms with Crippen molar-refractivity contribution >= 4 is 18.0 Å². The molecule has 0 aliphatic carbocycles. The number of para-hydroxylation sites is 1. The summed E-state index contributed by atoms with van der Waals surface area (Å²) in [7, 11) is 0. The summed E-state index contributed by atoms with van der Waals surface area (Å²) in [5.74, 6) is 0.719. The van der Waals surface area contributed by atoms with E-state index in [4.69, 9.17) is 4.74 Å². The van der Waals surface area contributed by atoms with Gasteiger partial charge in [0.15, 0.2) is 6.29 Å². The summed E-state index contributed by atoms with van der Waals surface area (Å²) in [6.07, 6.45) is 3.76. The Hall–Kier alpha value is -0.960. The van der Waals surface area contributed by atoms with Crippen LogP contribution in [-0.2, 0) is 0 Å². The molecule has 0 bridgehead atoms. The maximum absolute atomic E-state index is 10.8. The van der Waals surface area contributed by atoms with Gasteiger partial charge in [0.05, 0.1) is 12.2 Å². The zero-order valence-electron chi connectivity index (χ0n) is 8.45. The molecule has 76 valence electrons. The van der Waals surface area contributed by atoms with Gasteiger partial charge >= 0.3 is 0 Å². The van der Waals surface area contributed by atoms with E-state index in [1.54, 1.807) is 17.8 Å². The van der Waals surface area contributed by atoms with Gasteiger partial charge in [0.2, 0.25) is 0 Å². The normalized spacial score (nSPS) is 9.86. The van der Waals surface area contributed by atoms with Crippen molar-refractivity contribution in [2.75, 3.05) is 12.9 Å². The Balaban J connectivity index is 2.99. The summed E-state index contributed by atoms with van der Waals surface area (Å²) in [5, 5.41) is 0. The highest BCUT2D eigenvalue weighted by Crippen LogP contribution is 2.30. The Morgan fingerprint density at radius 1 is 1.50 bits per heavy atom. The van der Waals surface area contributed by atoms with Crippen LogP contribution in [0.4, 0.5) is 0 Å². The quantitative estimate of drug-likeness (QED) is 0.552. The van der Waals surface area contributed by atoms with Crippen LogP contribution in [0.2, 0.25) is 0 Å². The first-order chi connectivity index (χ1) is 6.83. The van der Waals surface area contributed by atoms with Crippen molar-refractivity contribution in [2.24, 2.45) is 0 Å². The molecule has 0 aromatic heterocycles. The van der Waals surface area contributed by atoms with E-state index in [0.717, 1.165) is 23.4 Å². The fourth-order valence-corrected chi connectivity index (χ4v) is 1.72. The lowest BCUT2D eigenvalue weighted by atomic mass is 10.2. The zero-order chi connectivity index (χ0) is 10.4. The number of benzene rings is 1. The molecule has 1 aromatic rings. The molecule has 0 spiro atoms. The predicted octanol–water partition coefficient (Wildman–Crippen LogP) is 3.01. The molecule has 0 amide bonds. The second-order valence-electron chi connectivity index (χ2n) is 2.84. The van der Waals surface area contributed by atoms with Gasteiger partial charge in [-0.2, -0.15) is 0 Å². The van der Waals surface area contributed by atoms with E-state index < -0.39 is 0 Å². The highest BCUT2D eigenvalue weighted by atomic mass is 32.2. The Morgan fingerprint density at radius 3 is 2.86 bits per heavy atom. The molecule has 14 heavy (non-hydrogen) atoms. The molecule has 0 fully saturated rings. The molecule has 0 heterocycles. The number of carbonyl (C=O) groups is 1. The fraction of sp³-hybridized carbons (Fsp3) is 0.364. The molecule has 1 rings (SSSR count). The largest absolute Gasteiger partial charge is 0.492 e. The molecule has 0 saturated carbocycles. The molecule has 0 saturated heterocycles. The van der Waals surface area contributed by atoms with Crippen LogP contribution in [-0.4, -0.2) is 19.1 Å². The maximum Gasteiger partial charge on any atom is 0.153 e. The number of hydrogen-bond acceptors (Lipinski definition) is 3. The molecule has 0 aliphatic rings. The van der Waals surface area contributed by atoms with Gasteiger partial charge in [-0.3, -0.25) is 4.79 Å². The molecular weight excluding hydrogens is 196 g/mol. The van der Waals surface area contributed by atoms with Gasteiger partial charge < -0.3 is 4.74 Å². The number of aldehydes is 1. The molecule has 2 nitrogen and oxygen atoms in total. The van der Waals surface area contributed by atoms with E-state index in [2.05, 4.69) is 0 Å². The first-order valence-electron chi connectivity index (χ1n) is 4.58. The van der Waals surface area contributed by atoms with Crippen LogP contribution in [0.3, 0.4) is 0 Å². The standard InChI is InChI=1S/C11H14O2S/c1-3-7-13-11-9(8-12)5-4-6-10(11)14-2/h4-6,8H,3,7H2,1-2H3. The molecule has 0 atom stereocenters. The maximum atomic E-state index is 10.8. The number of carbonyl (C=O) groups excluding carboxylic acids is 1. The molecular formula is C11H14O2S. The van der Waals surface area contributed by atoms with Crippen molar-refractivity contribution in [3.63, 3.8) is 0 Å². The van der Waals surface area contributed by atoms with Gasteiger partial charge in [0, 0.05) is 4.90 Å². The summed E-state index contributed by atoms with van der Waals surface area (Å²) in [4.78, 5) is 11.8. The summed E-state index contributed by atoms with van der Waals surface area (Å²) in [6, 6.07) is 5.61. The average molecular weight is 210 g/mol. The number of ether oxygens (including phenoxy) is 1. The molecule has 0 radical (unpaired) electrons. The average Bonchev–Trinajstić information content (AvgIpc) is 2.25. The Labute approximate surface area is 88.7 Å². The second-order valence-corrected chi connectivity index (χ2v) is 3.69. The summed E-state index contributed by atoms with van der Waals surface area (Å²) in [6.45, 7) is 2.70. The number of thioether (sulfide) groups is 1. The summed E-state index contributed by atoms with van der Waals surface area (Å²) >= 11 is 1.59.